The number of likely N-dealkylation sites (N-methyl/N-ethyl adjacent to an activating group) is 1. The molecule has 0 aliphatic carbocycles. The molecule has 176 valence electrons. The van der Waals surface area contributed by atoms with Crippen LogP contribution in [-0.2, 0) is 21.0 Å². The van der Waals surface area contributed by atoms with Crippen LogP contribution in [0.25, 0.3) is 5.57 Å². The van der Waals surface area contributed by atoms with Crippen molar-refractivity contribution in [3.05, 3.63) is 59.2 Å². The predicted molar refractivity (Wildman–Crippen MR) is 121 cm³/mol. The average Bonchev–Trinajstić information content (AvgIpc) is 3.03. The Morgan fingerprint density at radius 2 is 1.64 bits per heavy atom. The fourth-order valence-corrected chi connectivity index (χ4v) is 5.71. The van der Waals surface area contributed by atoms with Gasteiger partial charge >= 0.3 is 6.18 Å². The lowest BCUT2D eigenvalue weighted by molar-refractivity contribution is -0.137. The Morgan fingerprint density at radius 3 is 2.24 bits per heavy atom. The van der Waals surface area contributed by atoms with E-state index in [1.54, 1.807) is 24.1 Å². The number of halogens is 3. The number of piperazine rings is 1. The van der Waals surface area contributed by atoms with Gasteiger partial charge in [-0.1, -0.05) is 11.6 Å². The van der Waals surface area contributed by atoms with E-state index < -0.39 is 21.8 Å². The summed E-state index contributed by atoms with van der Waals surface area (Å²) >= 11 is 0. The molecule has 0 atom stereocenters. The number of rotatable bonds is 3. The lowest BCUT2D eigenvalue weighted by atomic mass is 10.0. The highest BCUT2D eigenvalue weighted by Gasteiger charge is 2.35. The fraction of sp³-hybridized carbons (Fsp3) is 0.348. The number of sulfonamides is 1. The number of nitrogens with zero attached hydrogens (tertiary/aromatic N) is 3. The first kappa shape index (κ1) is 23.3. The van der Waals surface area contributed by atoms with E-state index in [1.807, 2.05) is 13.8 Å². The molecule has 0 radical (unpaired) electrons. The second-order valence-corrected chi connectivity index (χ2v) is 10.3. The molecule has 1 amide bonds. The molecule has 2 heterocycles. The Morgan fingerprint density at radius 1 is 0.970 bits per heavy atom. The van der Waals surface area contributed by atoms with Gasteiger partial charge in [-0.25, -0.2) is 8.42 Å². The van der Waals surface area contributed by atoms with Crippen molar-refractivity contribution >= 4 is 32.9 Å². The number of hydrogen-bond acceptors (Lipinski definition) is 4. The zero-order chi connectivity index (χ0) is 24.1. The Hall–Kier alpha value is -2.85. The topological polar surface area (TPSA) is 60.9 Å². The summed E-state index contributed by atoms with van der Waals surface area (Å²) in [5, 5.41) is 0. The number of amides is 1. The Bertz CT molecular complexity index is 1240. The largest absolute Gasteiger partial charge is 0.416 e. The smallest absolute Gasteiger partial charge is 0.369 e. The van der Waals surface area contributed by atoms with Gasteiger partial charge in [-0.3, -0.25) is 4.79 Å². The second kappa shape index (κ2) is 8.18. The molecule has 10 heteroatoms. The number of allylic oxidation sites excluding steroid dienone is 1. The van der Waals surface area contributed by atoms with Crippen LogP contribution in [0.4, 0.5) is 24.5 Å². The number of benzene rings is 2. The molecule has 0 aromatic heterocycles. The van der Waals surface area contributed by atoms with Crippen LogP contribution in [0, 0.1) is 0 Å². The molecule has 2 aromatic carbocycles. The summed E-state index contributed by atoms with van der Waals surface area (Å²) in [4.78, 5) is 15.9. The number of hydrogen-bond donors (Lipinski definition) is 0. The lowest BCUT2D eigenvalue weighted by Crippen LogP contribution is -2.48. The molecule has 1 saturated heterocycles. The van der Waals surface area contributed by atoms with Crippen LogP contribution < -0.4 is 9.80 Å². The van der Waals surface area contributed by atoms with E-state index in [-0.39, 0.29) is 37.0 Å². The number of carbonyl (C=O) groups is 1. The minimum absolute atomic E-state index is 0.0932. The van der Waals surface area contributed by atoms with E-state index >= 15 is 0 Å². The Labute approximate surface area is 191 Å². The third-order valence-corrected chi connectivity index (χ3v) is 7.93. The van der Waals surface area contributed by atoms with Crippen molar-refractivity contribution in [2.75, 3.05) is 43.0 Å². The van der Waals surface area contributed by atoms with Gasteiger partial charge in [0.05, 0.1) is 16.1 Å². The minimum Gasteiger partial charge on any atom is -0.369 e. The maximum atomic E-state index is 13.3. The first-order valence-corrected chi connectivity index (χ1v) is 11.9. The van der Waals surface area contributed by atoms with Gasteiger partial charge in [-0.15, -0.1) is 0 Å². The number of alkyl halides is 3. The van der Waals surface area contributed by atoms with Crippen molar-refractivity contribution in [3.8, 4) is 0 Å². The molecule has 4 rings (SSSR count). The van der Waals surface area contributed by atoms with Gasteiger partial charge in [-0.05, 0) is 50.2 Å². The maximum absolute atomic E-state index is 13.3. The molecule has 2 aliphatic heterocycles. The fourth-order valence-electron chi connectivity index (χ4n) is 4.26. The third-order valence-electron chi connectivity index (χ3n) is 6.03. The SMILES string of the molecule is CC(C)=C1C(=O)N(C)c2ccc(S(=O)(=O)N3CCN(c4cccc(C(F)(F)F)c4)CC3)cc21. The molecule has 0 spiro atoms. The molecule has 1 fully saturated rings. The number of carbonyl (C=O) groups excluding carboxylic acids is 1. The lowest BCUT2D eigenvalue weighted by Gasteiger charge is -2.35. The van der Waals surface area contributed by atoms with Gasteiger partial charge in [0.25, 0.3) is 5.91 Å². The summed E-state index contributed by atoms with van der Waals surface area (Å²) < 4.78 is 67.0. The van der Waals surface area contributed by atoms with Crippen molar-refractivity contribution in [3.63, 3.8) is 0 Å². The first-order chi connectivity index (χ1) is 15.4. The molecular weight excluding hydrogens is 455 g/mol. The van der Waals surface area contributed by atoms with E-state index in [9.17, 15) is 26.4 Å². The van der Waals surface area contributed by atoms with Crippen molar-refractivity contribution in [1.29, 1.82) is 0 Å². The van der Waals surface area contributed by atoms with Crippen LogP contribution in [0.5, 0.6) is 0 Å². The number of anilines is 2. The van der Waals surface area contributed by atoms with E-state index in [2.05, 4.69) is 0 Å². The molecule has 0 saturated carbocycles. The van der Waals surface area contributed by atoms with Crippen LogP contribution in [0.2, 0.25) is 0 Å². The van der Waals surface area contributed by atoms with Gasteiger partial charge in [0, 0.05) is 50.1 Å². The summed E-state index contributed by atoms with van der Waals surface area (Å²) in [6.45, 7) is 4.44. The highest BCUT2D eigenvalue weighted by atomic mass is 32.2. The van der Waals surface area contributed by atoms with Gasteiger partial charge < -0.3 is 9.80 Å². The summed E-state index contributed by atoms with van der Waals surface area (Å²) in [5.41, 5.74) is 2.22. The molecule has 0 bridgehead atoms. The van der Waals surface area contributed by atoms with Gasteiger partial charge in [0.15, 0.2) is 0 Å². The molecule has 33 heavy (non-hydrogen) atoms. The summed E-state index contributed by atoms with van der Waals surface area (Å²) in [5.74, 6) is -0.172. The van der Waals surface area contributed by atoms with Crippen LogP contribution in [-0.4, -0.2) is 51.9 Å². The average molecular weight is 480 g/mol. The summed E-state index contributed by atoms with van der Waals surface area (Å²) in [6.07, 6.45) is -4.44. The van der Waals surface area contributed by atoms with Crippen LogP contribution in [0.15, 0.2) is 52.9 Å². The normalized spacial score (nSPS) is 17.5. The molecular formula is C23H24F3N3O3S. The molecule has 6 nitrogen and oxygen atoms in total. The molecule has 2 aliphatic rings. The van der Waals surface area contributed by atoms with E-state index in [0.29, 0.717) is 22.5 Å². The van der Waals surface area contributed by atoms with E-state index in [1.165, 1.54) is 27.4 Å². The molecule has 0 unspecified atom stereocenters. The predicted octanol–water partition coefficient (Wildman–Crippen LogP) is 3.99. The van der Waals surface area contributed by atoms with E-state index in [0.717, 1.165) is 17.7 Å². The Balaban J connectivity index is 1.55. The van der Waals surface area contributed by atoms with Crippen molar-refractivity contribution in [2.45, 2.75) is 24.9 Å². The van der Waals surface area contributed by atoms with Gasteiger partial charge in [0.1, 0.15) is 0 Å². The maximum Gasteiger partial charge on any atom is 0.416 e. The minimum atomic E-state index is -4.44. The monoisotopic (exact) mass is 479 g/mol. The standard InChI is InChI=1S/C23H24F3N3O3S/c1-15(2)21-19-14-18(7-8-20(19)27(3)22(21)30)33(31,32)29-11-9-28(10-12-29)17-6-4-5-16(13-17)23(24,25)26/h4-8,13-14H,9-12H2,1-3H3. The summed E-state index contributed by atoms with van der Waals surface area (Å²) in [7, 11) is -2.18. The zero-order valence-electron chi connectivity index (χ0n) is 18.5. The highest BCUT2D eigenvalue weighted by Crippen LogP contribution is 2.39. The van der Waals surface area contributed by atoms with Crippen molar-refractivity contribution < 1.29 is 26.4 Å². The molecule has 2 aromatic rings. The van der Waals surface area contributed by atoms with Crippen molar-refractivity contribution in [2.24, 2.45) is 0 Å². The van der Waals surface area contributed by atoms with Gasteiger partial charge in [0.2, 0.25) is 10.0 Å². The van der Waals surface area contributed by atoms with Crippen molar-refractivity contribution in [1.82, 2.24) is 4.31 Å². The molecule has 0 N–H and O–H groups in total. The quantitative estimate of drug-likeness (QED) is 0.625. The third kappa shape index (κ3) is 4.13. The Kier molecular flexibility index (Phi) is 5.78. The number of fused-ring (bicyclic) bond motifs is 1. The highest BCUT2D eigenvalue weighted by molar-refractivity contribution is 7.89. The second-order valence-electron chi connectivity index (χ2n) is 8.36. The van der Waals surface area contributed by atoms with Crippen LogP contribution in [0.1, 0.15) is 25.0 Å². The van der Waals surface area contributed by atoms with Crippen LogP contribution >= 0.6 is 0 Å². The first-order valence-electron chi connectivity index (χ1n) is 10.4. The zero-order valence-corrected chi connectivity index (χ0v) is 19.3. The van der Waals surface area contributed by atoms with Gasteiger partial charge in [-0.2, -0.15) is 17.5 Å². The summed E-state index contributed by atoms with van der Waals surface area (Å²) in [6, 6.07) is 9.70. The van der Waals surface area contributed by atoms with Crippen LogP contribution in [0.3, 0.4) is 0 Å². The van der Waals surface area contributed by atoms with E-state index in [4.69, 9.17) is 0 Å².